The molecule has 1 aliphatic carbocycles. The largest absolute Gasteiger partial charge is 0.381 e. The molecule has 1 saturated heterocycles. The number of carbonyl (C=O) groups is 4. The number of anilines is 1. The summed E-state index contributed by atoms with van der Waals surface area (Å²) in [5, 5.41) is 20.9. The van der Waals surface area contributed by atoms with Gasteiger partial charge in [-0.1, -0.05) is 44.2 Å². The fourth-order valence-electron chi connectivity index (χ4n) is 6.44. The number of carbonyl (C=O) groups excluding carboxylic acids is 4. The number of rotatable bonds is 8. The van der Waals surface area contributed by atoms with Gasteiger partial charge >= 0.3 is 0 Å². The molecule has 2 fully saturated rings. The van der Waals surface area contributed by atoms with Gasteiger partial charge in [0.1, 0.15) is 11.7 Å². The first-order chi connectivity index (χ1) is 20.1. The van der Waals surface area contributed by atoms with Crippen molar-refractivity contribution >= 4 is 40.2 Å². The minimum Gasteiger partial charge on any atom is -0.381 e. The van der Waals surface area contributed by atoms with Crippen molar-refractivity contribution in [3.8, 4) is 0 Å². The molecule has 0 bridgehead atoms. The molecule has 6 rings (SSSR count). The molecular weight excluding hydrogens is 534 g/mol. The molecule has 1 aromatic heterocycles. The maximum absolute atomic E-state index is 14.3. The van der Waals surface area contributed by atoms with E-state index in [0.29, 0.717) is 17.8 Å². The summed E-state index contributed by atoms with van der Waals surface area (Å²) in [6, 6.07) is 13.0. The number of nitrogens with one attached hydrogen (secondary N) is 4. The first-order valence-electron chi connectivity index (χ1n) is 14.7. The van der Waals surface area contributed by atoms with Crippen molar-refractivity contribution in [1.29, 1.82) is 0 Å². The van der Waals surface area contributed by atoms with Crippen molar-refractivity contribution in [2.75, 3.05) is 11.9 Å². The number of amides is 4. The summed E-state index contributed by atoms with van der Waals surface area (Å²) in [7, 11) is 0. The van der Waals surface area contributed by atoms with Crippen LogP contribution in [-0.4, -0.2) is 69.4 Å². The number of aryl methyl sites for hydroxylation is 1. The zero-order valence-electron chi connectivity index (χ0n) is 24.1. The third-order valence-electron chi connectivity index (χ3n) is 8.80. The maximum atomic E-state index is 14.3. The Kier molecular flexibility index (Phi) is 7.04. The Morgan fingerprint density at radius 1 is 1.12 bits per heavy atom. The van der Waals surface area contributed by atoms with Crippen molar-refractivity contribution in [3.05, 3.63) is 65.4 Å². The van der Waals surface area contributed by atoms with Gasteiger partial charge in [0.25, 0.3) is 11.8 Å². The van der Waals surface area contributed by atoms with Gasteiger partial charge in [-0.2, -0.15) is 0 Å². The summed E-state index contributed by atoms with van der Waals surface area (Å²) in [6.07, 6.45) is 0.599. The second-order valence-electron chi connectivity index (χ2n) is 12.4. The average molecular weight is 572 g/mol. The van der Waals surface area contributed by atoms with E-state index >= 15 is 0 Å². The van der Waals surface area contributed by atoms with Crippen LogP contribution in [0.3, 0.4) is 0 Å². The normalized spacial score (nSPS) is 22.7. The minimum absolute atomic E-state index is 0.0108. The van der Waals surface area contributed by atoms with Gasteiger partial charge < -0.3 is 30.9 Å². The Bertz CT molecular complexity index is 1580. The van der Waals surface area contributed by atoms with Crippen molar-refractivity contribution in [3.63, 3.8) is 0 Å². The van der Waals surface area contributed by atoms with Gasteiger partial charge in [0.05, 0.1) is 11.5 Å². The van der Waals surface area contributed by atoms with Crippen molar-refractivity contribution < 1.29 is 24.3 Å². The smallest absolute Gasteiger partial charge is 0.268 e. The van der Waals surface area contributed by atoms with Crippen LogP contribution in [0.4, 0.5) is 5.69 Å². The molecule has 10 nitrogen and oxygen atoms in total. The quantitative estimate of drug-likeness (QED) is 0.283. The predicted octanol–water partition coefficient (Wildman–Crippen LogP) is 2.75. The first kappa shape index (κ1) is 28.0. The van der Waals surface area contributed by atoms with E-state index in [9.17, 15) is 24.3 Å². The Labute approximate surface area is 244 Å². The van der Waals surface area contributed by atoms with Crippen LogP contribution >= 0.6 is 0 Å². The SMILES string of the molecule is Cc1cccc2[nH]c(C(=O)N[C@@H](CC(C)C)C(=O)N3C[C@]4(C[C@H]3C(O)C(=O)NC3CC3)C(=O)Nc3ccccc34)cc12. The molecule has 5 N–H and O–H groups in total. The van der Waals surface area contributed by atoms with Gasteiger partial charge in [-0.15, -0.1) is 0 Å². The van der Waals surface area contributed by atoms with Gasteiger partial charge in [-0.3, -0.25) is 19.2 Å². The topological polar surface area (TPSA) is 144 Å². The molecule has 3 aromatic rings. The van der Waals surface area contributed by atoms with E-state index in [4.69, 9.17) is 0 Å². The summed E-state index contributed by atoms with van der Waals surface area (Å²) >= 11 is 0. The molecular formula is C32H37N5O5. The third-order valence-corrected chi connectivity index (χ3v) is 8.80. The van der Waals surface area contributed by atoms with E-state index in [0.717, 1.165) is 34.9 Å². The van der Waals surface area contributed by atoms with Gasteiger partial charge in [0.15, 0.2) is 6.10 Å². The van der Waals surface area contributed by atoms with Crippen molar-refractivity contribution in [2.24, 2.45) is 5.92 Å². The number of aromatic amines is 1. The molecule has 2 aliphatic heterocycles. The minimum atomic E-state index is -1.53. The van der Waals surface area contributed by atoms with E-state index in [1.807, 2.05) is 63.2 Å². The van der Waals surface area contributed by atoms with Crippen LogP contribution < -0.4 is 16.0 Å². The number of benzene rings is 2. The van der Waals surface area contributed by atoms with Gasteiger partial charge in [0.2, 0.25) is 11.8 Å². The zero-order valence-corrected chi connectivity index (χ0v) is 24.1. The van der Waals surface area contributed by atoms with E-state index < -0.39 is 41.3 Å². The number of aliphatic hydroxyl groups excluding tert-OH is 1. The standard InChI is InChI=1S/C32H37N5O5/c1-17(2)13-25(35-28(39)24-14-20-18(3)7-6-10-22(20)34-24)30(41)37-16-32(21-8-4-5-9-23(21)36-31(32)42)15-26(37)27(38)29(40)33-19-11-12-19/h4-10,14,17,19,25-27,34,38H,11-13,15-16H2,1-3H3,(H,33,40)(H,35,39)(H,36,42)/t25-,26-,27?,32-/m0/s1. The molecule has 1 saturated carbocycles. The highest BCUT2D eigenvalue weighted by Gasteiger charge is 2.58. The average Bonchev–Trinajstić information content (AvgIpc) is 3.40. The Hall–Kier alpha value is -4.18. The molecule has 3 aliphatic rings. The number of fused-ring (bicyclic) bond motifs is 3. The van der Waals surface area contributed by atoms with Crippen LogP contribution in [0.1, 0.15) is 61.1 Å². The monoisotopic (exact) mass is 571 g/mol. The number of aromatic nitrogens is 1. The molecule has 2 aromatic carbocycles. The summed E-state index contributed by atoms with van der Waals surface area (Å²) in [4.78, 5) is 58.9. The van der Waals surface area contributed by atoms with Crippen molar-refractivity contribution in [1.82, 2.24) is 20.5 Å². The zero-order chi connectivity index (χ0) is 29.8. The summed E-state index contributed by atoms with van der Waals surface area (Å²) < 4.78 is 0. The lowest BCUT2D eigenvalue weighted by atomic mass is 9.79. The number of hydrogen-bond acceptors (Lipinski definition) is 5. The number of H-pyrrole nitrogens is 1. The fraction of sp³-hybridized carbons (Fsp3) is 0.438. The molecule has 3 heterocycles. The summed E-state index contributed by atoms with van der Waals surface area (Å²) in [5.41, 5.74) is 2.47. The maximum Gasteiger partial charge on any atom is 0.268 e. The summed E-state index contributed by atoms with van der Waals surface area (Å²) in [5.74, 6) is -1.62. The highest BCUT2D eigenvalue weighted by atomic mass is 16.3. The van der Waals surface area contributed by atoms with Gasteiger partial charge in [-0.25, -0.2) is 0 Å². The Morgan fingerprint density at radius 2 is 1.88 bits per heavy atom. The number of para-hydroxylation sites is 1. The lowest BCUT2D eigenvalue weighted by Gasteiger charge is -2.32. The lowest BCUT2D eigenvalue weighted by Crippen LogP contribution is -2.55. The second-order valence-corrected chi connectivity index (χ2v) is 12.4. The van der Waals surface area contributed by atoms with Crippen LogP contribution in [0.15, 0.2) is 48.5 Å². The fourth-order valence-corrected chi connectivity index (χ4v) is 6.44. The Morgan fingerprint density at radius 3 is 2.60 bits per heavy atom. The van der Waals surface area contributed by atoms with Crippen LogP contribution in [0.2, 0.25) is 0 Å². The summed E-state index contributed by atoms with van der Waals surface area (Å²) in [6.45, 7) is 5.87. The molecule has 1 unspecified atom stereocenters. The van der Waals surface area contributed by atoms with E-state index in [1.165, 1.54) is 4.90 Å². The van der Waals surface area contributed by atoms with Crippen molar-refractivity contribution in [2.45, 2.75) is 76.1 Å². The molecule has 0 radical (unpaired) electrons. The van der Waals surface area contributed by atoms with Crippen LogP contribution in [-0.2, 0) is 19.8 Å². The molecule has 220 valence electrons. The Balaban J connectivity index is 1.32. The van der Waals surface area contributed by atoms with Crippen LogP contribution in [0, 0.1) is 12.8 Å². The number of likely N-dealkylation sites (tertiary alicyclic amines) is 1. The number of hydrogen-bond donors (Lipinski definition) is 5. The molecule has 42 heavy (non-hydrogen) atoms. The van der Waals surface area contributed by atoms with Crippen LogP contribution in [0.5, 0.6) is 0 Å². The highest BCUT2D eigenvalue weighted by molar-refractivity contribution is 6.08. The van der Waals surface area contributed by atoms with E-state index in [-0.39, 0.29) is 30.8 Å². The van der Waals surface area contributed by atoms with Gasteiger partial charge in [0, 0.05) is 29.2 Å². The second kappa shape index (κ2) is 10.6. The van der Waals surface area contributed by atoms with E-state index in [2.05, 4.69) is 20.9 Å². The number of nitrogens with zero attached hydrogens (tertiary/aromatic N) is 1. The van der Waals surface area contributed by atoms with E-state index in [1.54, 1.807) is 6.07 Å². The third kappa shape index (κ3) is 4.93. The first-order valence-corrected chi connectivity index (χ1v) is 14.7. The van der Waals surface area contributed by atoms with Crippen LogP contribution in [0.25, 0.3) is 10.9 Å². The number of aliphatic hydroxyl groups is 1. The molecule has 1 spiro atoms. The lowest BCUT2D eigenvalue weighted by molar-refractivity contribution is -0.141. The molecule has 10 heteroatoms. The predicted molar refractivity (Wildman–Crippen MR) is 158 cm³/mol. The van der Waals surface area contributed by atoms with Gasteiger partial charge in [-0.05, 0) is 67.9 Å². The highest BCUT2D eigenvalue weighted by Crippen LogP contribution is 2.47. The molecule has 4 amide bonds. The molecule has 4 atom stereocenters.